The van der Waals surface area contributed by atoms with Gasteiger partial charge in [-0.05, 0) is 37.1 Å². The summed E-state index contributed by atoms with van der Waals surface area (Å²) < 4.78 is 31.3. The molecule has 2 rings (SSSR count). The minimum atomic E-state index is -3.69. The Balaban J connectivity index is 2.48. The summed E-state index contributed by atoms with van der Waals surface area (Å²) in [5.41, 5.74) is 7.83. The highest BCUT2D eigenvalue weighted by Crippen LogP contribution is 2.24. The Morgan fingerprint density at radius 2 is 2.06 bits per heavy atom. The molecule has 18 heavy (non-hydrogen) atoms. The van der Waals surface area contributed by atoms with Crippen LogP contribution in [0.2, 0.25) is 0 Å². The molecular weight excluding hydrogens is 254 g/mol. The molecule has 0 fully saturated rings. The van der Waals surface area contributed by atoms with Crippen LogP contribution in [0.15, 0.2) is 34.0 Å². The molecule has 0 bridgehead atoms. The van der Waals surface area contributed by atoms with Crippen LogP contribution in [0.3, 0.4) is 0 Å². The van der Waals surface area contributed by atoms with Gasteiger partial charge in [0.05, 0.1) is 11.1 Å². The first-order chi connectivity index (χ1) is 8.40. The Hall–Kier alpha value is -2.02. The number of nitrogens with two attached hydrogens (primary N) is 1. The molecule has 96 valence electrons. The molecule has 3 N–H and O–H groups in total. The lowest BCUT2D eigenvalue weighted by Crippen LogP contribution is -2.14. The second-order valence-corrected chi connectivity index (χ2v) is 5.63. The fourth-order valence-electron chi connectivity index (χ4n) is 1.60. The van der Waals surface area contributed by atoms with E-state index in [2.05, 4.69) is 14.4 Å². The fourth-order valence-corrected chi connectivity index (χ4v) is 2.97. The first-order valence-electron chi connectivity index (χ1n) is 5.19. The number of benzene rings is 1. The van der Waals surface area contributed by atoms with Gasteiger partial charge in [-0.3, -0.25) is 4.72 Å². The average Bonchev–Trinajstić information content (AvgIpc) is 2.75. The van der Waals surface area contributed by atoms with Crippen LogP contribution >= 0.6 is 0 Å². The molecular formula is C11H13N3O3S. The van der Waals surface area contributed by atoms with Crippen LogP contribution in [0.25, 0.3) is 0 Å². The second kappa shape index (κ2) is 4.34. The lowest BCUT2D eigenvalue weighted by molar-refractivity contribution is 0.420. The summed E-state index contributed by atoms with van der Waals surface area (Å²) in [5, 5.41) is 3.43. The topological polar surface area (TPSA) is 98.2 Å². The van der Waals surface area contributed by atoms with Crippen LogP contribution in [0, 0.1) is 13.8 Å². The molecule has 1 heterocycles. The van der Waals surface area contributed by atoms with Gasteiger partial charge in [0.15, 0.2) is 0 Å². The number of nitrogen functional groups attached to an aromatic ring is 1. The third-order valence-corrected chi connectivity index (χ3v) is 4.12. The van der Waals surface area contributed by atoms with Crippen molar-refractivity contribution in [3.8, 4) is 0 Å². The molecule has 0 aliphatic carbocycles. The van der Waals surface area contributed by atoms with E-state index in [1.165, 1.54) is 18.5 Å². The van der Waals surface area contributed by atoms with E-state index in [4.69, 9.17) is 5.73 Å². The Kier molecular flexibility index (Phi) is 3.00. The summed E-state index contributed by atoms with van der Waals surface area (Å²) in [6.07, 6.45) is 2.50. The number of nitrogens with zero attached hydrogens (tertiary/aromatic N) is 1. The van der Waals surface area contributed by atoms with Crippen LogP contribution in [-0.2, 0) is 10.0 Å². The van der Waals surface area contributed by atoms with E-state index in [0.717, 1.165) is 5.56 Å². The largest absolute Gasteiger partial charge is 0.399 e. The van der Waals surface area contributed by atoms with E-state index >= 15 is 0 Å². The van der Waals surface area contributed by atoms with Crippen molar-refractivity contribution >= 4 is 21.4 Å². The Morgan fingerprint density at radius 3 is 2.67 bits per heavy atom. The maximum absolute atomic E-state index is 12.2. The zero-order valence-electron chi connectivity index (χ0n) is 9.97. The quantitative estimate of drug-likeness (QED) is 0.824. The van der Waals surface area contributed by atoms with Gasteiger partial charge in [0.1, 0.15) is 12.0 Å². The van der Waals surface area contributed by atoms with Crippen molar-refractivity contribution < 1.29 is 12.9 Å². The van der Waals surface area contributed by atoms with Crippen molar-refractivity contribution in [2.24, 2.45) is 0 Å². The Morgan fingerprint density at radius 1 is 1.33 bits per heavy atom. The van der Waals surface area contributed by atoms with Crippen LogP contribution in [0.1, 0.15) is 11.1 Å². The van der Waals surface area contributed by atoms with Crippen molar-refractivity contribution in [3.05, 3.63) is 35.7 Å². The normalized spacial score (nSPS) is 11.4. The Bertz CT molecular complexity index is 663. The highest BCUT2D eigenvalue weighted by Gasteiger charge is 2.19. The summed E-state index contributed by atoms with van der Waals surface area (Å²) in [4.78, 5) is 0.154. The zero-order valence-corrected chi connectivity index (χ0v) is 10.8. The summed E-state index contributed by atoms with van der Waals surface area (Å²) in [7, 11) is -3.69. The van der Waals surface area contributed by atoms with E-state index in [-0.39, 0.29) is 10.6 Å². The first-order valence-corrected chi connectivity index (χ1v) is 6.67. The minimum Gasteiger partial charge on any atom is -0.399 e. The zero-order chi connectivity index (χ0) is 13.3. The maximum atomic E-state index is 12.2. The van der Waals surface area contributed by atoms with E-state index in [1.54, 1.807) is 13.0 Å². The predicted octanol–water partition coefficient (Wildman–Crippen LogP) is 1.67. The summed E-state index contributed by atoms with van der Waals surface area (Å²) >= 11 is 0. The average molecular weight is 267 g/mol. The maximum Gasteiger partial charge on any atom is 0.262 e. The Labute approximate surface area is 105 Å². The monoisotopic (exact) mass is 267 g/mol. The first kappa shape index (κ1) is 12.4. The van der Waals surface area contributed by atoms with Gasteiger partial charge < -0.3 is 10.3 Å². The summed E-state index contributed by atoms with van der Waals surface area (Å²) in [5.74, 6) is 0. The van der Waals surface area contributed by atoms with Crippen molar-refractivity contribution in [2.45, 2.75) is 18.7 Å². The van der Waals surface area contributed by atoms with Gasteiger partial charge in [-0.1, -0.05) is 5.16 Å². The standard InChI is InChI=1S/C11H13N3O3S/c1-7-3-9(12)4-11(8(7)2)18(15,16)14-10-5-13-17-6-10/h3-6,14H,12H2,1-2H3. The summed E-state index contributed by atoms with van der Waals surface area (Å²) in [6, 6.07) is 3.16. The molecule has 0 amide bonds. The number of sulfonamides is 1. The molecule has 0 saturated carbocycles. The van der Waals surface area contributed by atoms with E-state index in [9.17, 15) is 8.42 Å². The number of aromatic nitrogens is 1. The lowest BCUT2D eigenvalue weighted by Gasteiger charge is -2.11. The lowest BCUT2D eigenvalue weighted by atomic mass is 10.1. The van der Waals surface area contributed by atoms with Crippen molar-refractivity contribution in [1.82, 2.24) is 5.16 Å². The third kappa shape index (κ3) is 2.30. The van der Waals surface area contributed by atoms with E-state index < -0.39 is 10.0 Å². The van der Waals surface area contributed by atoms with Gasteiger partial charge in [0.2, 0.25) is 0 Å². The molecule has 1 aromatic carbocycles. The smallest absolute Gasteiger partial charge is 0.262 e. The van der Waals surface area contributed by atoms with Crippen molar-refractivity contribution in [1.29, 1.82) is 0 Å². The van der Waals surface area contributed by atoms with Crippen LogP contribution in [-0.4, -0.2) is 13.6 Å². The minimum absolute atomic E-state index is 0.154. The van der Waals surface area contributed by atoms with Gasteiger partial charge in [-0.25, -0.2) is 8.42 Å². The van der Waals surface area contributed by atoms with Crippen molar-refractivity contribution in [2.75, 3.05) is 10.5 Å². The molecule has 7 heteroatoms. The van der Waals surface area contributed by atoms with Gasteiger partial charge in [-0.15, -0.1) is 0 Å². The number of rotatable bonds is 3. The summed E-state index contributed by atoms with van der Waals surface area (Å²) in [6.45, 7) is 3.54. The fraction of sp³-hybridized carbons (Fsp3) is 0.182. The van der Waals surface area contributed by atoms with Gasteiger partial charge in [-0.2, -0.15) is 0 Å². The number of anilines is 2. The SMILES string of the molecule is Cc1cc(N)cc(S(=O)(=O)Nc2cnoc2)c1C. The number of hydrogen-bond donors (Lipinski definition) is 2. The predicted molar refractivity (Wildman–Crippen MR) is 67.6 cm³/mol. The van der Waals surface area contributed by atoms with Gasteiger partial charge in [0, 0.05) is 5.69 Å². The van der Waals surface area contributed by atoms with Crippen LogP contribution < -0.4 is 10.5 Å². The van der Waals surface area contributed by atoms with E-state index in [1.807, 2.05) is 6.92 Å². The van der Waals surface area contributed by atoms with Gasteiger partial charge in [0.25, 0.3) is 10.0 Å². The molecule has 2 aromatic rings. The molecule has 0 atom stereocenters. The molecule has 0 aliphatic heterocycles. The number of aryl methyl sites for hydroxylation is 1. The second-order valence-electron chi connectivity index (χ2n) is 3.98. The molecule has 0 spiro atoms. The number of nitrogens with one attached hydrogen (secondary N) is 1. The molecule has 1 aromatic heterocycles. The molecule has 6 nitrogen and oxygen atoms in total. The molecule has 0 saturated heterocycles. The molecule has 0 aliphatic rings. The van der Waals surface area contributed by atoms with Crippen molar-refractivity contribution in [3.63, 3.8) is 0 Å². The highest BCUT2D eigenvalue weighted by molar-refractivity contribution is 7.92. The van der Waals surface area contributed by atoms with Crippen LogP contribution in [0.4, 0.5) is 11.4 Å². The van der Waals surface area contributed by atoms with E-state index in [0.29, 0.717) is 11.3 Å². The third-order valence-electron chi connectivity index (χ3n) is 2.62. The molecule has 0 unspecified atom stereocenters. The highest BCUT2D eigenvalue weighted by atomic mass is 32.2. The van der Waals surface area contributed by atoms with Gasteiger partial charge >= 0.3 is 0 Å². The van der Waals surface area contributed by atoms with Crippen LogP contribution in [0.5, 0.6) is 0 Å². The molecule has 0 radical (unpaired) electrons. The number of hydrogen-bond acceptors (Lipinski definition) is 5.